The lowest BCUT2D eigenvalue weighted by Crippen LogP contribution is -2.36. The average Bonchev–Trinajstić information content (AvgIpc) is 2.37. The summed E-state index contributed by atoms with van der Waals surface area (Å²) < 4.78 is 5.42. The second kappa shape index (κ2) is 7.36. The van der Waals surface area contributed by atoms with E-state index in [4.69, 9.17) is 21.4 Å². The van der Waals surface area contributed by atoms with Gasteiger partial charge in [0.15, 0.2) is 0 Å². The number of amides is 1. The van der Waals surface area contributed by atoms with Gasteiger partial charge in [0.25, 0.3) is 0 Å². The van der Waals surface area contributed by atoms with E-state index in [1.807, 2.05) is 13.8 Å². The lowest BCUT2D eigenvalue weighted by molar-refractivity contribution is -0.122. The largest absolute Gasteiger partial charge is 0.493 e. The van der Waals surface area contributed by atoms with E-state index in [9.17, 15) is 4.79 Å². The van der Waals surface area contributed by atoms with Gasteiger partial charge in [0.1, 0.15) is 5.75 Å². The summed E-state index contributed by atoms with van der Waals surface area (Å²) in [6.45, 7) is 4.54. The number of hydrogen-bond donors (Lipinski definition) is 2. The van der Waals surface area contributed by atoms with E-state index >= 15 is 0 Å². The van der Waals surface area contributed by atoms with Gasteiger partial charge in [0.2, 0.25) is 5.91 Å². The highest BCUT2D eigenvalue weighted by molar-refractivity contribution is 6.30. The predicted octanol–water partition coefficient (Wildman–Crippen LogP) is 2.24. The topological polar surface area (TPSA) is 58.6 Å². The Bertz CT molecular complexity index is 421. The Balaban J connectivity index is 2.24. The molecule has 1 rings (SSSR count). The van der Waals surface area contributed by atoms with Crippen molar-refractivity contribution in [2.24, 2.45) is 5.41 Å². The first kappa shape index (κ1) is 15.8. The summed E-state index contributed by atoms with van der Waals surface area (Å²) >= 11 is 5.82. The van der Waals surface area contributed by atoms with Gasteiger partial charge in [-0.15, -0.1) is 0 Å². The molecule has 1 aromatic carbocycles. The summed E-state index contributed by atoms with van der Waals surface area (Å²) in [5.74, 6) is 0.555. The van der Waals surface area contributed by atoms with Gasteiger partial charge in [0, 0.05) is 23.6 Å². The summed E-state index contributed by atoms with van der Waals surface area (Å²) in [7, 11) is 0. The number of carbonyl (C=O) groups excluding carboxylic acids is 1. The van der Waals surface area contributed by atoms with Crippen LogP contribution in [0.1, 0.15) is 20.3 Å². The van der Waals surface area contributed by atoms with Crippen molar-refractivity contribution in [1.29, 1.82) is 0 Å². The zero-order valence-electron chi connectivity index (χ0n) is 11.3. The lowest BCUT2D eigenvalue weighted by Gasteiger charge is -2.21. The third-order valence-electron chi connectivity index (χ3n) is 2.59. The van der Waals surface area contributed by atoms with Gasteiger partial charge in [-0.3, -0.25) is 4.79 Å². The standard InChI is InChI=1S/C14H20ClNO3/c1-14(2,10-17)9-16-13(18)6-7-19-12-5-3-4-11(15)8-12/h3-5,8,17H,6-7,9-10H2,1-2H3,(H,16,18). The number of benzene rings is 1. The fraction of sp³-hybridized carbons (Fsp3) is 0.500. The molecule has 1 amide bonds. The predicted molar refractivity (Wildman–Crippen MR) is 75.4 cm³/mol. The Morgan fingerprint density at radius 2 is 2.21 bits per heavy atom. The molecule has 0 radical (unpaired) electrons. The number of aliphatic hydroxyl groups excluding tert-OH is 1. The molecule has 0 unspecified atom stereocenters. The highest BCUT2D eigenvalue weighted by Gasteiger charge is 2.17. The maximum Gasteiger partial charge on any atom is 0.223 e. The highest BCUT2D eigenvalue weighted by Crippen LogP contribution is 2.17. The van der Waals surface area contributed by atoms with Gasteiger partial charge >= 0.3 is 0 Å². The van der Waals surface area contributed by atoms with Crippen molar-refractivity contribution in [3.63, 3.8) is 0 Å². The van der Waals surface area contributed by atoms with Crippen LogP contribution in [0.3, 0.4) is 0 Å². The molecule has 0 fully saturated rings. The van der Waals surface area contributed by atoms with Crippen LogP contribution in [0.5, 0.6) is 5.75 Å². The fourth-order valence-corrected chi connectivity index (χ4v) is 1.48. The van der Waals surface area contributed by atoms with Crippen LogP contribution in [-0.4, -0.2) is 30.8 Å². The SMILES string of the molecule is CC(C)(CO)CNC(=O)CCOc1cccc(Cl)c1. The van der Waals surface area contributed by atoms with Crippen LogP contribution in [0.15, 0.2) is 24.3 Å². The Hall–Kier alpha value is -1.26. The van der Waals surface area contributed by atoms with Gasteiger partial charge < -0.3 is 15.2 Å². The van der Waals surface area contributed by atoms with E-state index in [1.165, 1.54) is 0 Å². The number of nitrogens with one attached hydrogen (secondary N) is 1. The molecule has 2 N–H and O–H groups in total. The molecule has 0 bridgehead atoms. The van der Waals surface area contributed by atoms with Gasteiger partial charge in [0.05, 0.1) is 13.0 Å². The summed E-state index contributed by atoms with van der Waals surface area (Å²) in [4.78, 5) is 11.6. The van der Waals surface area contributed by atoms with Crippen LogP contribution in [-0.2, 0) is 4.79 Å². The van der Waals surface area contributed by atoms with Crippen molar-refractivity contribution in [2.45, 2.75) is 20.3 Å². The molecule has 106 valence electrons. The summed E-state index contributed by atoms with van der Waals surface area (Å²) in [5.41, 5.74) is -0.302. The first-order valence-electron chi connectivity index (χ1n) is 6.19. The molecule has 0 saturated heterocycles. The molecule has 0 aliphatic carbocycles. The highest BCUT2D eigenvalue weighted by atomic mass is 35.5. The second-order valence-corrected chi connectivity index (χ2v) is 5.59. The molecule has 0 saturated carbocycles. The first-order valence-corrected chi connectivity index (χ1v) is 6.57. The lowest BCUT2D eigenvalue weighted by atomic mass is 9.95. The molecule has 0 aliphatic rings. The van der Waals surface area contributed by atoms with E-state index in [0.29, 0.717) is 23.9 Å². The zero-order valence-corrected chi connectivity index (χ0v) is 12.0. The molecule has 0 atom stereocenters. The number of rotatable bonds is 7. The molecule has 0 aromatic heterocycles. The van der Waals surface area contributed by atoms with Crippen molar-refractivity contribution in [3.05, 3.63) is 29.3 Å². The molecule has 0 aliphatic heterocycles. The smallest absolute Gasteiger partial charge is 0.223 e. The van der Waals surface area contributed by atoms with Gasteiger partial charge in [-0.25, -0.2) is 0 Å². The number of hydrogen-bond acceptors (Lipinski definition) is 3. The third-order valence-corrected chi connectivity index (χ3v) is 2.82. The monoisotopic (exact) mass is 285 g/mol. The molecule has 19 heavy (non-hydrogen) atoms. The van der Waals surface area contributed by atoms with Crippen LogP contribution in [0.4, 0.5) is 0 Å². The molecular formula is C14H20ClNO3. The molecule has 5 heteroatoms. The zero-order chi connectivity index (χ0) is 14.3. The Kier molecular flexibility index (Phi) is 6.12. The van der Waals surface area contributed by atoms with Crippen molar-refractivity contribution in [2.75, 3.05) is 19.8 Å². The minimum Gasteiger partial charge on any atom is -0.493 e. The van der Waals surface area contributed by atoms with Gasteiger partial charge in [-0.05, 0) is 18.2 Å². The summed E-state index contributed by atoms with van der Waals surface area (Å²) in [6.07, 6.45) is 0.272. The van der Waals surface area contributed by atoms with Crippen LogP contribution in [0.25, 0.3) is 0 Å². The van der Waals surface area contributed by atoms with E-state index < -0.39 is 0 Å². The minimum absolute atomic E-state index is 0.0340. The molecular weight excluding hydrogens is 266 g/mol. The second-order valence-electron chi connectivity index (χ2n) is 5.15. The van der Waals surface area contributed by atoms with E-state index in [-0.39, 0.29) is 24.3 Å². The van der Waals surface area contributed by atoms with Crippen LogP contribution < -0.4 is 10.1 Å². The fourth-order valence-electron chi connectivity index (χ4n) is 1.30. The maximum absolute atomic E-state index is 11.6. The van der Waals surface area contributed by atoms with Crippen molar-refractivity contribution >= 4 is 17.5 Å². The molecule has 1 aromatic rings. The Labute approximate surface area is 118 Å². The van der Waals surface area contributed by atoms with E-state index in [2.05, 4.69) is 5.32 Å². The minimum atomic E-state index is -0.302. The van der Waals surface area contributed by atoms with E-state index in [1.54, 1.807) is 24.3 Å². The number of aliphatic hydroxyl groups is 1. The van der Waals surface area contributed by atoms with Crippen molar-refractivity contribution in [3.8, 4) is 5.75 Å². The van der Waals surface area contributed by atoms with Crippen LogP contribution >= 0.6 is 11.6 Å². The van der Waals surface area contributed by atoms with Crippen LogP contribution in [0, 0.1) is 5.41 Å². The van der Waals surface area contributed by atoms with Gasteiger partial charge in [-0.1, -0.05) is 31.5 Å². The number of halogens is 1. The third kappa shape index (κ3) is 6.45. The molecule has 4 nitrogen and oxygen atoms in total. The Morgan fingerprint density at radius 3 is 2.84 bits per heavy atom. The average molecular weight is 286 g/mol. The molecule has 0 heterocycles. The normalized spacial score (nSPS) is 11.2. The van der Waals surface area contributed by atoms with Crippen molar-refractivity contribution in [1.82, 2.24) is 5.32 Å². The summed E-state index contributed by atoms with van der Waals surface area (Å²) in [5, 5.41) is 12.4. The Morgan fingerprint density at radius 1 is 1.47 bits per heavy atom. The molecule has 0 spiro atoms. The van der Waals surface area contributed by atoms with Gasteiger partial charge in [-0.2, -0.15) is 0 Å². The maximum atomic E-state index is 11.6. The van der Waals surface area contributed by atoms with E-state index in [0.717, 1.165) is 0 Å². The quantitative estimate of drug-likeness (QED) is 0.808. The van der Waals surface area contributed by atoms with Crippen LogP contribution in [0.2, 0.25) is 5.02 Å². The first-order chi connectivity index (χ1) is 8.93. The number of carbonyl (C=O) groups is 1. The number of ether oxygens (including phenoxy) is 1. The van der Waals surface area contributed by atoms with Crippen molar-refractivity contribution < 1.29 is 14.6 Å². The summed E-state index contributed by atoms with van der Waals surface area (Å²) in [6, 6.07) is 7.05.